The number of carbonyl (C=O) groups is 2. The predicted molar refractivity (Wildman–Crippen MR) is 79.9 cm³/mol. The van der Waals surface area contributed by atoms with Crippen LogP contribution in [0.5, 0.6) is 0 Å². The molecule has 1 N–H and O–H groups in total. The number of amides is 1. The van der Waals surface area contributed by atoms with Crippen LogP contribution in [0.25, 0.3) is 0 Å². The van der Waals surface area contributed by atoms with Crippen molar-refractivity contribution >= 4 is 11.7 Å². The molecule has 3 heteroatoms. The van der Waals surface area contributed by atoms with Crippen molar-refractivity contribution in [2.45, 2.75) is 57.9 Å². The first-order valence-corrected chi connectivity index (χ1v) is 7.30. The standard InChI is InChI=1S/C17H23NO2/c1-17(2,3)15-7-5-4-6-14(15)16(20)18-12-8-10-13(19)11-9-12/h4-7,12H,8-11H2,1-3H3,(H,18,20). The number of carbonyl (C=O) groups excluding carboxylic acids is 2. The van der Waals surface area contributed by atoms with E-state index < -0.39 is 0 Å². The molecule has 1 aliphatic carbocycles. The molecule has 3 nitrogen and oxygen atoms in total. The molecule has 20 heavy (non-hydrogen) atoms. The molecule has 0 unspecified atom stereocenters. The molecule has 1 aromatic rings. The van der Waals surface area contributed by atoms with Crippen molar-refractivity contribution in [3.8, 4) is 0 Å². The molecule has 0 heterocycles. The van der Waals surface area contributed by atoms with E-state index in [1.54, 1.807) is 0 Å². The third-order valence-corrected chi connectivity index (χ3v) is 3.86. The van der Waals surface area contributed by atoms with Crippen LogP contribution in [0, 0.1) is 0 Å². The van der Waals surface area contributed by atoms with Crippen LogP contribution in [0.15, 0.2) is 24.3 Å². The highest BCUT2D eigenvalue weighted by Gasteiger charge is 2.24. The zero-order chi connectivity index (χ0) is 14.8. The molecule has 1 fully saturated rings. The van der Waals surface area contributed by atoms with E-state index >= 15 is 0 Å². The Hall–Kier alpha value is -1.64. The van der Waals surface area contributed by atoms with Crippen LogP contribution in [-0.2, 0) is 10.2 Å². The lowest BCUT2D eigenvalue weighted by Crippen LogP contribution is -2.38. The average molecular weight is 273 g/mol. The van der Waals surface area contributed by atoms with Gasteiger partial charge in [0.2, 0.25) is 0 Å². The average Bonchev–Trinajstić information content (AvgIpc) is 2.40. The summed E-state index contributed by atoms with van der Waals surface area (Å²) >= 11 is 0. The van der Waals surface area contributed by atoms with Crippen LogP contribution in [0.1, 0.15) is 62.4 Å². The highest BCUT2D eigenvalue weighted by Crippen LogP contribution is 2.26. The van der Waals surface area contributed by atoms with Gasteiger partial charge < -0.3 is 5.32 Å². The van der Waals surface area contributed by atoms with E-state index in [-0.39, 0.29) is 17.4 Å². The van der Waals surface area contributed by atoms with E-state index in [0.717, 1.165) is 24.0 Å². The Labute approximate surface area is 120 Å². The lowest BCUT2D eigenvalue weighted by Gasteiger charge is -2.25. The molecule has 108 valence electrons. The van der Waals surface area contributed by atoms with Gasteiger partial charge in [0.25, 0.3) is 5.91 Å². The van der Waals surface area contributed by atoms with Gasteiger partial charge >= 0.3 is 0 Å². The molecular formula is C17H23NO2. The monoisotopic (exact) mass is 273 g/mol. The van der Waals surface area contributed by atoms with Gasteiger partial charge in [-0.25, -0.2) is 0 Å². The Bertz CT molecular complexity index is 504. The third kappa shape index (κ3) is 3.47. The van der Waals surface area contributed by atoms with Gasteiger partial charge in [-0.05, 0) is 29.9 Å². The first-order chi connectivity index (χ1) is 9.38. The number of rotatable bonds is 2. The van der Waals surface area contributed by atoms with Gasteiger partial charge in [-0.2, -0.15) is 0 Å². The third-order valence-electron chi connectivity index (χ3n) is 3.86. The van der Waals surface area contributed by atoms with Gasteiger partial charge in [-0.1, -0.05) is 39.0 Å². The number of nitrogens with one attached hydrogen (secondary N) is 1. The van der Waals surface area contributed by atoms with Crippen LogP contribution in [0.2, 0.25) is 0 Å². The zero-order valence-corrected chi connectivity index (χ0v) is 12.5. The lowest BCUT2D eigenvalue weighted by atomic mass is 9.83. The quantitative estimate of drug-likeness (QED) is 0.899. The van der Waals surface area contributed by atoms with Crippen molar-refractivity contribution in [1.29, 1.82) is 0 Å². The normalized spacial score (nSPS) is 17.1. The van der Waals surface area contributed by atoms with Crippen molar-refractivity contribution in [2.75, 3.05) is 0 Å². The summed E-state index contributed by atoms with van der Waals surface area (Å²) in [7, 11) is 0. The van der Waals surface area contributed by atoms with E-state index in [2.05, 4.69) is 26.1 Å². The van der Waals surface area contributed by atoms with E-state index in [0.29, 0.717) is 18.6 Å². The fourth-order valence-electron chi connectivity index (χ4n) is 2.68. The fraction of sp³-hybridized carbons (Fsp3) is 0.529. The summed E-state index contributed by atoms with van der Waals surface area (Å²) in [5, 5.41) is 3.08. The van der Waals surface area contributed by atoms with Crippen molar-refractivity contribution in [3.05, 3.63) is 35.4 Å². The minimum atomic E-state index is -0.0591. The Morgan fingerprint density at radius 1 is 1.15 bits per heavy atom. The van der Waals surface area contributed by atoms with Crippen molar-refractivity contribution < 1.29 is 9.59 Å². The highest BCUT2D eigenvalue weighted by atomic mass is 16.1. The summed E-state index contributed by atoms with van der Waals surface area (Å²) in [6.07, 6.45) is 2.71. The second kappa shape index (κ2) is 5.78. The molecule has 0 aliphatic heterocycles. The summed E-state index contributed by atoms with van der Waals surface area (Å²) < 4.78 is 0. The molecule has 0 spiro atoms. The topological polar surface area (TPSA) is 46.2 Å². The molecule has 0 saturated heterocycles. The van der Waals surface area contributed by atoms with E-state index in [4.69, 9.17) is 0 Å². The fourth-order valence-corrected chi connectivity index (χ4v) is 2.68. The van der Waals surface area contributed by atoms with Gasteiger partial charge in [0.1, 0.15) is 5.78 Å². The molecular weight excluding hydrogens is 250 g/mol. The number of ketones is 1. The second-order valence-electron chi connectivity index (χ2n) is 6.58. The molecule has 0 aromatic heterocycles. The van der Waals surface area contributed by atoms with E-state index in [9.17, 15) is 9.59 Å². The highest BCUT2D eigenvalue weighted by molar-refractivity contribution is 5.96. The predicted octanol–water partition coefficient (Wildman–Crippen LogP) is 3.23. The molecule has 0 radical (unpaired) electrons. The molecule has 1 amide bonds. The summed E-state index contributed by atoms with van der Waals surface area (Å²) in [5.74, 6) is 0.292. The van der Waals surface area contributed by atoms with Crippen molar-refractivity contribution in [1.82, 2.24) is 5.32 Å². The SMILES string of the molecule is CC(C)(C)c1ccccc1C(=O)NC1CCC(=O)CC1. The van der Waals surface area contributed by atoms with E-state index in [1.807, 2.05) is 24.3 Å². The zero-order valence-electron chi connectivity index (χ0n) is 12.5. The molecule has 0 atom stereocenters. The molecule has 1 aromatic carbocycles. The molecule has 1 saturated carbocycles. The Morgan fingerprint density at radius 3 is 2.35 bits per heavy atom. The Morgan fingerprint density at radius 2 is 1.75 bits per heavy atom. The van der Waals surface area contributed by atoms with Gasteiger partial charge in [-0.3, -0.25) is 9.59 Å². The van der Waals surface area contributed by atoms with Gasteiger partial charge in [0, 0.05) is 24.4 Å². The molecule has 1 aliphatic rings. The van der Waals surface area contributed by atoms with Crippen molar-refractivity contribution in [2.24, 2.45) is 0 Å². The van der Waals surface area contributed by atoms with Gasteiger partial charge in [0.05, 0.1) is 0 Å². The summed E-state index contributed by atoms with van der Waals surface area (Å²) in [6, 6.07) is 7.89. The van der Waals surface area contributed by atoms with Crippen LogP contribution in [0.3, 0.4) is 0 Å². The van der Waals surface area contributed by atoms with E-state index in [1.165, 1.54) is 0 Å². The molecule has 0 bridgehead atoms. The summed E-state index contributed by atoms with van der Waals surface area (Å²) in [5.41, 5.74) is 1.75. The van der Waals surface area contributed by atoms with Crippen molar-refractivity contribution in [3.63, 3.8) is 0 Å². The lowest BCUT2D eigenvalue weighted by molar-refractivity contribution is -0.120. The maximum Gasteiger partial charge on any atom is 0.251 e. The maximum atomic E-state index is 12.5. The minimum Gasteiger partial charge on any atom is -0.349 e. The Balaban J connectivity index is 2.12. The maximum absolute atomic E-state index is 12.5. The first kappa shape index (κ1) is 14.8. The Kier molecular flexibility index (Phi) is 4.26. The second-order valence-corrected chi connectivity index (χ2v) is 6.58. The smallest absolute Gasteiger partial charge is 0.251 e. The van der Waals surface area contributed by atoms with Crippen LogP contribution >= 0.6 is 0 Å². The first-order valence-electron chi connectivity index (χ1n) is 7.30. The van der Waals surface area contributed by atoms with Gasteiger partial charge in [0.15, 0.2) is 0 Å². The molecule has 2 rings (SSSR count). The van der Waals surface area contributed by atoms with Gasteiger partial charge in [-0.15, -0.1) is 0 Å². The van der Waals surface area contributed by atoms with Crippen LogP contribution < -0.4 is 5.32 Å². The van der Waals surface area contributed by atoms with Crippen LogP contribution in [-0.4, -0.2) is 17.7 Å². The number of benzene rings is 1. The number of Topliss-reactive ketones (excluding diaryl/α,β-unsaturated/α-hetero) is 1. The van der Waals surface area contributed by atoms with Crippen LogP contribution in [0.4, 0.5) is 0 Å². The summed E-state index contributed by atoms with van der Waals surface area (Å²) in [6.45, 7) is 6.33. The number of hydrogen-bond acceptors (Lipinski definition) is 2. The minimum absolute atomic E-state index is 0.0186. The largest absolute Gasteiger partial charge is 0.349 e. The number of hydrogen-bond donors (Lipinski definition) is 1. The summed E-state index contributed by atoms with van der Waals surface area (Å²) in [4.78, 5) is 23.7.